The maximum Gasteiger partial charge on any atom is 0.213 e. The Morgan fingerprint density at radius 1 is 1.00 bits per heavy atom. The fraction of sp³-hybridized carbons (Fsp3) is 0.304. The predicted molar refractivity (Wildman–Crippen MR) is 105 cm³/mol. The van der Waals surface area contributed by atoms with Gasteiger partial charge >= 0.3 is 0 Å². The van der Waals surface area contributed by atoms with Crippen LogP contribution in [-0.2, 0) is 6.42 Å². The summed E-state index contributed by atoms with van der Waals surface area (Å²) in [5, 5.41) is 0. The minimum atomic E-state index is 0.363. The molecule has 0 saturated heterocycles. The van der Waals surface area contributed by atoms with Crippen molar-refractivity contribution in [2.75, 3.05) is 0 Å². The van der Waals surface area contributed by atoms with Gasteiger partial charge in [0.15, 0.2) is 0 Å². The zero-order valence-corrected chi connectivity index (χ0v) is 15.4. The van der Waals surface area contributed by atoms with Gasteiger partial charge in [0.05, 0.1) is 0 Å². The third-order valence-electron chi connectivity index (χ3n) is 5.22. The van der Waals surface area contributed by atoms with Gasteiger partial charge in [-0.3, -0.25) is 4.98 Å². The van der Waals surface area contributed by atoms with E-state index < -0.39 is 0 Å². The maximum atomic E-state index is 5.85. The van der Waals surface area contributed by atoms with Gasteiger partial charge in [-0.15, -0.1) is 0 Å². The molecule has 0 bridgehead atoms. The SMILES string of the molecule is CCc1ccncc1-c1ccc(-c2ccc(OC3CCC3)nc2)cc1C. The summed E-state index contributed by atoms with van der Waals surface area (Å²) in [5.41, 5.74) is 7.34. The number of hydrogen-bond acceptors (Lipinski definition) is 3. The summed E-state index contributed by atoms with van der Waals surface area (Å²) in [6.07, 6.45) is 10.7. The second kappa shape index (κ2) is 7.28. The Labute approximate surface area is 155 Å². The summed E-state index contributed by atoms with van der Waals surface area (Å²) >= 11 is 0. The molecular formula is C23H24N2O. The van der Waals surface area contributed by atoms with Crippen LogP contribution in [0.15, 0.2) is 55.0 Å². The molecule has 2 aromatic heterocycles. The number of hydrogen-bond donors (Lipinski definition) is 0. The average Bonchev–Trinajstić information content (AvgIpc) is 2.65. The second-order valence-electron chi connectivity index (χ2n) is 6.97. The molecule has 4 rings (SSSR count). The number of nitrogens with zero attached hydrogens (tertiary/aromatic N) is 2. The molecule has 0 amide bonds. The maximum absolute atomic E-state index is 5.85. The van der Waals surface area contributed by atoms with Gasteiger partial charge in [0.25, 0.3) is 0 Å². The number of rotatable bonds is 5. The molecule has 0 N–H and O–H groups in total. The number of ether oxygens (including phenoxy) is 1. The Morgan fingerprint density at radius 3 is 2.50 bits per heavy atom. The van der Waals surface area contributed by atoms with Gasteiger partial charge in [0.2, 0.25) is 5.88 Å². The highest BCUT2D eigenvalue weighted by Gasteiger charge is 2.19. The summed E-state index contributed by atoms with van der Waals surface area (Å²) < 4.78 is 5.85. The van der Waals surface area contributed by atoms with Gasteiger partial charge in [-0.2, -0.15) is 0 Å². The third-order valence-corrected chi connectivity index (χ3v) is 5.22. The van der Waals surface area contributed by atoms with Gasteiger partial charge in [-0.1, -0.05) is 25.1 Å². The summed E-state index contributed by atoms with van der Waals surface area (Å²) in [6, 6.07) is 12.8. The highest BCUT2D eigenvalue weighted by atomic mass is 16.5. The molecule has 0 spiro atoms. The molecule has 0 radical (unpaired) electrons. The molecular weight excluding hydrogens is 320 g/mol. The summed E-state index contributed by atoms with van der Waals surface area (Å²) in [4.78, 5) is 8.79. The van der Waals surface area contributed by atoms with Gasteiger partial charge < -0.3 is 4.74 Å². The summed E-state index contributed by atoms with van der Waals surface area (Å²) in [7, 11) is 0. The smallest absolute Gasteiger partial charge is 0.213 e. The Balaban J connectivity index is 1.59. The predicted octanol–water partition coefficient (Wildman–Crippen LogP) is 5.61. The first-order valence-electron chi connectivity index (χ1n) is 9.41. The molecule has 1 fully saturated rings. The van der Waals surface area contributed by atoms with E-state index in [4.69, 9.17) is 4.74 Å². The Bertz CT molecular complexity index is 898. The molecule has 0 aliphatic heterocycles. The third kappa shape index (κ3) is 3.34. The van der Waals surface area contributed by atoms with Crippen LogP contribution in [0.2, 0.25) is 0 Å². The van der Waals surface area contributed by atoms with Crippen LogP contribution in [0.25, 0.3) is 22.3 Å². The van der Waals surface area contributed by atoms with Gasteiger partial charge in [-0.25, -0.2) is 4.98 Å². The zero-order chi connectivity index (χ0) is 17.9. The van der Waals surface area contributed by atoms with Crippen molar-refractivity contribution in [3.8, 4) is 28.1 Å². The first kappa shape index (κ1) is 16.8. The zero-order valence-electron chi connectivity index (χ0n) is 15.4. The Kier molecular flexibility index (Phi) is 4.70. The van der Waals surface area contributed by atoms with E-state index in [1.165, 1.54) is 34.2 Å². The van der Waals surface area contributed by atoms with Crippen LogP contribution in [0.4, 0.5) is 0 Å². The van der Waals surface area contributed by atoms with Crippen molar-refractivity contribution in [2.24, 2.45) is 0 Å². The molecule has 3 heteroatoms. The highest BCUT2D eigenvalue weighted by Crippen LogP contribution is 2.31. The summed E-state index contributed by atoms with van der Waals surface area (Å²) in [5.74, 6) is 0.731. The Hall–Kier alpha value is -2.68. The fourth-order valence-corrected chi connectivity index (χ4v) is 3.40. The molecule has 2 heterocycles. The molecule has 1 aliphatic rings. The Morgan fingerprint density at radius 2 is 1.85 bits per heavy atom. The van der Waals surface area contributed by atoms with Crippen molar-refractivity contribution < 1.29 is 4.74 Å². The minimum Gasteiger partial charge on any atom is -0.474 e. The van der Waals surface area contributed by atoms with E-state index in [9.17, 15) is 0 Å². The van der Waals surface area contributed by atoms with E-state index in [1.54, 1.807) is 0 Å². The van der Waals surface area contributed by atoms with Gasteiger partial charge in [0.1, 0.15) is 6.10 Å². The van der Waals surface area contributed by atoms with E-state index >= 15 is 0 Å². The van der Waals surface area contributed by atoms with Crippen LogP contribution in [-0.4, -0.2) is 16.1 Å². The summed E-state index contributed by atoms with van der Waals surface area (Å²) in [6.45, 7) is 4.34. The van der Waals surface area contributed by atoms with Crippen molar-refractivity contribution in [1.29, 1.82) is 0 Å². The van der Waals surface area contributed by atoms with Crippen molar-refractivity contribution in [3.05, 3.63) is 66.1 Å². The van der Waals surface area contributed by atoms with Crippen LogP contribution in [0.5, 0.6) is 5.88 Å². The van der Waals surface area contributed by atoms with E-state index in [1.807, 2.05) is 24.7 Å². The minimum absolute atomic E-state index is 0.363. The molecule has 3 aromatic rings. The number of benzene rings is 1. The van der Waals surface area contributed by atoms with E-state index in [0.717, 1.165) is 30.7 Å². The fourth-order valence-electron chi connectivity index (χ4n) is 3.40. The van der Waals surface area contributed by atoms with Crippen molar-refractivity contribution in [2.45, 2.75) is 45.6 Å². The van der Waals surface area contributed by atoms with Crippen LogP contribution < -0.4 is 4.74 Å². The van der Waals surface area contributed by atoms with Crippen LogP contribution in [0.3, 0.4) is 0 Å². The first-order chi connectivity index (χ1) is 12.7. The molecule has 0 unspecified atom stereocenters. The van der Waals surface area contributed by atoms with Gasteiger partial charge in [0, 0.05) is 35.8 Å². The lowest BCUT2D eigenvalue weighted by Gasteiger charge is -2.25. The number of aromatic nitrogens is 2. The number of pyridine rings is 2. The molecule has 1 aliphatic carbocycles. The normalized spacial score (nSPS) is 14.1. The van der Waals surface area contributed by atoms with Crippen molar-refractivity contribution in [3.63, 3.8) is 0 Å². The molecule has 3 nitrogen and oxygen atoms in total. The molecule has 1 saturated carbocycles. The molecule has 132 valence electrons. The lowest BCUT2D eigenvalue weighted by Crippen LogP contribution is -2.24. The standard InChI is InChI=1S/C23H24N2O/c1-3-17-11-12-24-15-22(17)21-9-7-18(13-16(21)2)19-8-10-23(25-14-19)26-20-5-4-6-20/h7-15,20H,3-6H2,1-2H3. The topological polar surface area (TPSA) is 35.0 Å². The lowest BCUT2D eigenvalue weighted by molar-refractivity contribution is 0.114. The first-order valence-corrected chi connectivity index (χ1v) is 9.41. The molecule has 26 heavy (non-hydrogen) atoms. The lowest BCUT2D eigenvalue weighted by atomic mass is 9.94. The second-order valence-corrected chi connectivity index (χ2v) is 6.97. The van der Waals surface area contributed by atoms with Crippen LogP contribution in [0.1, 0.15) is 37.3 Å². The van der Waals surface area contributed by atoms with E-state index in [-0.39, 0.29) is 0 Å². The monoisotopic (exact) mass is 344 g/mol. The van der Waals surface area contributed by atoms with Crippen LogP contribution in [0, 0.1) is 6.92 Å². The van der Waals surface area contributed by atoms with Crippen molar-refractivity contribution in [1.82, 2.24) is 9.97 Å². The average molecular weight is 344 g/mol. The number of aryl methyl sites for hydroxylation is 2. The van der Waals surface area contributed by atoms with E-state index in [2.05, 4.69) is 54.1 Å². The molecule has 1 aromatic carbocycles. The van der Waals surface area contributed by atoms with Crippen LogP contribution >= 0.6 is 0 Å². The van der Waals surface area contributed by atoms with Gasteiger partial charge in [-0.05, 0) is 67.0 Å². The largest absolute Gasteiger partial charge is 0.474 e. The van der Waals surface area contributed by atoms with Crippen molar-refractivity contribution >= 4 is 0 Å². The van der Waals surface area contributed by atoms with E-state index in [0.29, 0.717) is 6.10 Å². The molecule has 0 atom stereocenters. The highest BCUT2D eigenvalue weighted by molar-refractivity contribution is 5.74. The quantitative estimate of drug-likeness (QED) is 0.603.